The third-order valence-electron chi connectivity index (χ3n) is 2.55. The number of benzene rings is 1. The van der Waals surface area contributed by atoms with E-state index in [1.807, 2.05) is 44.2 Å². The molecular weight excluding hydrogens is 282 g/mol. The molecule has 1 aliphatic heterocycles. The van der Waals surface area contributed by atoms with E-state index in [9.17, 15) is 8.42 Å². The largest absolute Gasteiger partial charge is 0.349 e. The van der Waals surface area contributed by atoms with Crippen LogP contribution < -0.4 is 5.73 Å². The highest BCUT2D eigenvalue weighted by Crippen LogP contribution is 2.31. The molecular formula is C13H21NO5S. The Morgan fingerprint density at radius 3 is 2.30 bits per heavy atom. The van der Waals surface area contributed by atoms with Crippen molar-refractivity contribution in [1.29, 1.82) is 0 Å². The summed E-state index contributed by atoms with van der Waals surface area (Å²) in [6.07, 6.45) is 0.641. The summed E-state index contributed by atoms with van der Waals surface area (Å²) < 4.78 is 37.2. The molecule has 1 heterocycles. The van der Waals surface area contributed by atoms with Crippen LogP contribution in [0.25, 0.3) is 0 Å². The highest BCUT2D eigenvalue weighted by Gasteiger charge is 2.35. The third-order valence-corrected chi connectivity index (χ3v) is 2.55. The fourth-order valence-corrected chi connectivity index (χ4v) is 1.77. The molecule has 1 aromatic carbocycles. The second-order valence-corrected chi connectivity index (χ2v) is 6.52. The predicted octanol–water partition coefficient (Wildman–Crippen LogP) is 1.34. The van der Waals surface area contributed by atoms with Gasteiger partial charge in [-0.15, -0.1) is 0 Å². The van der Waals surface area contributed by atoms with Crippen LogP contribution in [0.4, 0.5) is 0 Å². The van der Waals surface area contributed by atoms with E-state index in [-0.39, 0.29) is 12.1 Å². The van der Waals surface area contributed by atoms with Gasteiger partial charge in [-0.1, -0.05) is 30.3 Å². The summed E-state index contributed by atoms with van der Waals surface area (Å²) in [6.45, 7) is 4.36. The lowest BCUT2D eigenvalue weighted by Crippen LogP contribution is -2.48. The lowest BCUT2D eigenvalue weighted by molar-refractivity contribution is -0.281. The summed E-state index contributed by atoms with van der Waals surface area (Å²) in [7, 11) is -3.67. The van der Waals surface area contributed by atoms with E-state index in [0.717, 1.165) is 5.56 Å². The molecule has 2 unspecified atom stereocenters. The fraction of sp³-hybridized carbons (Fsp3) is 0.538. The molecule has 20 heavy (non-hydrogen) atoms. The first-order chi connectivity index (χ1) is 9.08. The smallest absolute Gasteiger partial charge is 0.261 e. The Morgan fingerprint density at radius 1 is 1.30 bits per heavy atom. The molecule has 2 atom stereocenters. The van der Waals surface area contributed by atoms with Crippen LogP contribution in [0, 0.1) is 0 Å². The van der Waals surface area contributed by atoms with Crippen LogP contribution in [0.3, 0.4) is 0 Å². The number of hydrogen-bond acceptors (Lipinski definition) is 5. The Kier molecular flexibility index (Phi) is 5.67. The first-order valence-corrected chi connectivity index (χ1v) is 7.98. The highest BCUT2D eigenvalue weighted by atomic mass is 32.2. The third kappa shape index (κ3) is 6.44. The van der Waals surface area contributed by atoms with Gasteiger partial charge in [0.1, 0.15) is 6.10 Å². The molecule has 3 N–H and O–H groups in total. The molecule has 0 aliphatic carbocycles. The molecule has 1 aromatic rings. The normalized spacial score (nSPS) is 25.4. The average Bonchev–Trinajstić information content (AvgIpc) is 2.31. The summed E-state index contributed by atoms with van der Waals surface area (Å²) in [5.41, 5.74) is 7.09. The molecule has 0 amide bonds. The first-order valence-electron chi connectivity index (χ1n) is 6.13. The Labute approximate surface area is 119 Å². The highest BCUT2D eigenvalue weighted by molar-refractivity contribution is 7.85. The van der Waals surface area contributed by atoms with Crippen molar-refractivity contribution in [3.8, 4) is 0 Å². The molecule has 1 saturated heterocycles. The van der Waals surface area contributed by atoms with E-state index in [1.165, 1.54) is 0 Å². The topological polar surface area (TPSA) is 98.9 Å². The summed E-state index contributed by atoms with van der Waals surface area (Å²) in [4.78, 5) is 0. The SMILES string of the molecule is CC1(C)OCC(N)C(c2ccccc2)O1.CS(=O)(=O)O. The number of nitrogens with two attached hydrogens (primary N) is 1. The molecule has 7 heteroatoms. The lowest BCUT2D eigenvalue weighted by Gasteiger charge is -2.39. The number of ether oxygens (including phenoxy) is 2. The van der Waals surface area contributed by atoms with Gasteiger partial charge in [-0.25, -0.2) is 0 Å². The molecule has 0 saturated carbocycles. The standard InChI is InChI=1S/C12H17NO2.CH4O3S/c1-12(2)14-8-10(13)11(15-12)9-6-4-3-5-7-9;1-5(2,3)4/h3-7,10-11H,8,13H2,1-2H3;1H3,(H,2,3,4). The van der Waals surface area contributed by atoms with Crippen molar-refractivity contribution >= 4 is 10.1 Å². The second-order valence-electron chi connectivity index (χ2n) is 5.06. The zero-order chi connectivity index (χ0) is 15.4. The Morgan fingerprint density at radius 2 is 1.80 bits per heavy atom. The molecule has 1 aliphatic rings. The van der Waals surface area contributed by atoms with Crippen molar-refractivity contribution in [3.63, 3.8) is 0 Å². The van der Waals surface area contributed by atoms with Gasteiger partial charge in [-0.2, -0.15) is 8.42 Å². The average molecular weight is 303 g/mol. The van der Waals surface area contributed by atoms with Crippen molar-refractivity contribution in [1.82, 2.24) is 0 Å². The quantitative estimate of drug-likeness (QED) is 0.760. The van der Waals surface area contributed by atoms with Crippen molar-refractivity contribution in [2.24, 2.45) is 5.73 Å². The van der Waals surface area contributed by atoms with Gasteiger partial charge in [0.25, 0.3) is 10.1 Å². The lowest BCUT2D eigenvalue weighted by atomic mass is 10.0. The van der Waals surface area contributed by atoms with Crippen LogP contribution in [0.5, 0.6) is 0 Å². The molecule has 6 nitrogen and oxygen atoms in total. The maximum Gasteiger partial charge on any atom is 0.261 e. The summed E-state index contributed by atoms with van der Waals surface area (Å²) in [6, 6.07) is 9.94. The second kappa shape index (κ2) is 6.64. The summed E-state index contributed by atoms with van der Waals surface area (Å²) in [5.74, 6) is -0.545. The van der Waals surface area contributed by atoms with Crippen LogP contribution in [0.15, 0.2) is 30.3 Å². The van der Waals surface area contributed by atoms with E-state index in [2.05, 4.69) is 0 Å². The van der Waals surface area contributed by atoms with Crippen molar-refractivity contribution in [2.45, 2.75) is 31.8 Å². The van der Waals surface area contributed by atoms with Gasteiger partial charge in [0.2, 0.25) is 0 Å². The van der Waals surface area contributed by atoms with Gasteiger partial charge < -0.3 is 15.2 Å². The number of rotatable bonds is 1. The maximum absolute atomic E-state index is 9.19. The molecule has 1 fully saturated rings. The fourth-order valence-electron chi connectivity index (χ4n) is 1.77. The van der Waals surface area contributed by atoms with E-state index in [0.29, 0.717) is 12.9 Å². The molecule has 0 bridgehead atoms. The van der Waals surface area contributed by atoms with Gasteiger partial charge in [0.15, 0.2) is 5.79 Å². The predicted molar refractivity (Wildman–Crippen MR) is 75.7 cm³/mol. The molecule has 114 valence electrons. The summed E-state index contributed by atoms with van der Waals surface area (Å²) in [5, 5.41) is 0. The number of hydrogen-bond donors (Lipinski definition) is 2. The molecule has 0 radical (unpaired) electrons. The Bertz CT molecular complexity index is 507. The van der Waals surface area contributed by atoms with E-state index in [4.69, 9.17) is 19.8 Å². The minimum atomic E-state index is -3.67. The zero-order valence-corrected chi connectivity index (χ0v) is 12.6. The summed E-state index contributed by atoms with van der Waals surface area (Å²) >= 11 is 0. The van der Waals surface area contributed by atoms with Crippen LogP contribution in [0.2, 0.25) is 0 Å². The molecule has 0 spiro atoms. The first kappa shape index (κ1) is 17.1. The van der Waals surface area contributed by atoms with Crippen LogP contribution in [-0.4, -0.2) is 37.7 Å². The van der Waals surface area contributed by atoms with Gasteiger partial charge >= 0.3 is 0 Å². The van der Waals surface area contributed by atoms with Crippen LogP contribution in [0.1, 0.15) is 25.5 Å². The van der Waals surface area contributed by atoms with Crippen LogP contribution >= 0.6 is 0 Å². The van der Waals surface area contributed by atoms with E-state index < -0.39 is 15.9 Å². The molecule has 2 rings (SSSR count). The van der Waals surface area contributed by atoms with Crippen molar-refractivity contribution in [3.05, 3.63) is 35.9 Å². The van der Waals surface area contributed by atoms with Gasteiger partial charge in [0, 0.05) is 0 Å². The monoisotopic (exact) mass is 303 g/mol. The molecule has 0 aromatic heterocycles. The maximum atomic E-state index is 9.19. The van der Waals surface area contributed by atoms with Crippen LogP contribution in [-0.2, 0) is 19.6 Å². The van der Waals surface area contributed by atoms with Gasteiger partial charge in [0.05, 0.1) is 18.9 Å². The Hall–Kier alpha value is -0.990. The zero-order valence-electron chi connectivity index (χ0n) is 11.8. The van der Waals surface area contributed by atoms with E-state index >= 15 is 0 Å². The van der Waals surface area contributed by atoms with Gasteiger partial charge in [-0.05, 0) is 19.4 Å². The van der Waals surface area contributed by atoms with Crippen molar-refractivity contribution in [2.75, 3.05) is 12.9 Å². The Balaban J connectivity index is 0.000000347. The van der Waals surface area contributed by atoms with E-state index in [1.54, 1.807) is 0 Å². The minimum absolute atomic E-state index is 0.0741. The minimum Gasteiger partial charge on any atom is -0.349 e. The van der Waals surface area contributed by atoms with Gasteiger partial charge in [-0.3, -0.25) is 4.55 Å². The van der Waals surface area contributed by atoms with Crippen molar-refractivity contribution < 1.29 is 22.4 Å².